The summed E-state index contributed by atoms with van der Waals surface area (Å²) in [6, 6.07) is -0.765. The van der Waals surface area contributed by atoms with Crippen molar-refractivity contribution in [2.75, 3.05) is 13.7 Å². The van der Waals surface area contributed by atoms with Gasteiger partial charge in [0.05, 0.1) is 13.7 Å². The predicted molar refractivity (Wildman–Crippen MR) is 73.1 cm³/mol. The molecule has 6 nitrogen and oxygen atoms in total. The largest absolute Gasteiger partial charge is 0.467 e. The third-order valence-corrected chi connectivity index (χ3v) is 2.82. The van der Waals surface area contributed by atoms with Gasteiger partial charge < -0.3 is 14.2 Å². The summed E-state index contributed by atoms with van der Waals surface area (Å²) in [6.07, 6.45) is -1.09. The number of esters is 1. The van der Waals surface area contributed by atoms with E-state index in [1.165, 1.54) is 12.0 Å². The molecule has 116 valence electrons. The maximum Gasteiger partial charge on any atom is 0.413 e. The van der Waals surface area contributed by atoms with Crippen molar-refractivity contribution >= 4 is 12.1 Å². The minimum Gasteiger partial charge on any atom is -0.467 e. The highest BCUT2D eigenvalue weighted by Gasteiger charge is 2.48. The van der Waals surface area contributed by atoms with Crippen LogP contribution in [0.15, 0.2) is 0 Å². The van der Waals surface area contributed by atoms with Gasteiger partial charge in [0.2, 0.25) is 0 Å². The van der Waals surface area contributed by atoms with E-state index in [0.29, 0.717) is 0 Å². The van der Waals surface area contributed by atoms with Crippen LogP contribution < -0.4 is 0 Å². The number of carbonyl (C=O) groups is 2. The highest BCUT2D eigenvalue weighted by molar-refractivity contribution is 5.82. The molecule has 1 aliphatic heterocycles. The van der Waals surface area contributed by atoms with E-state index in [0.717, 1.165) is 0 Å². The van der Waals surface area contributed by atoms with Crippen LogP contribution in [0.4, 0.5) is 4.79 Å². The summed E-state index contributed by atoms with van der Waals surface area (Å²) in [5.41, 5.74) is -0.970. The lowest BCUT2D eigenvalue weighted by Crippen LogP contribution is -2.51. The van der Waals surface area contributed by atoms with Gasteiger partial charge in [-0.25, -0.2) is 9.59 Å². The Morgan fingerprint density at radius 3 is 2.10 bits per heavy atom. The quantitative estimate of drug-likeness (QED) is 0.691. The molecule has 20 heavy (non-hydrogen) atoms. The second-order valence-corrected chi connectivity index (χ2v) is 6.98. The molecule has 1 rings (SSSR count). The highest BCUT2D eigenvalue weighted by atomic mass is 16.6. The molecular formula is C14H25NO5. The fourth-order valence-electron chi connectivity index (χ4n) is 2.03. The summed E-state index contributed by atoms with van der Waals surface area (Å²) in [7, 11) is 1.29. The van der Waals surface area contributed by atoms with Crippen molar-refractivity contribution in [3.8, 4) is 0 Å². The first kappa shape index (κ1) is 16.8. The molecule has 0 bridgehead atoms. The molecule has 0 N–H and O–H groups in total. The van der Waals surface area contributed by atoms with Crippen LogP contribution >= 0.6 is 0 Å². The first-order chi connectivity index (χ1) is 8.97. The third kappa shape index (κ3) is 3.85. The number of hydrogen-bond donors (Lipinski definition) is 0. The van der Waals surface area contributed by atoms with Crippen LogP contribution in [0.1, 0.15) is 41.5 Å². The van der Waals surface area contributed by atoms with Crippen molar-refractivity contribution in [2.24, 2.45) is 5.41 Å². The Balaban J connectivity index is 3.02. The first-order valence-corrected chi connectivity index (χ1v) is 6.68. The average molecular weight is 287 g/mol. The molecule has 2 unspecified atom stereocenters. The average Bonchev–Trinajstić information content (AvgIpc) is 2.69. The molecule has 0 saturated carbocycles. The maximum absolute atomic E-state index is 12.4. The Hall–Kier alpha value is -1.30. The fraction of sp³-hybridized carbons (Fsp3) is 0.857. The van der Waals surface area contributed by atoms with Gasteiger partial charge in [-0.05, 0) is 20.8 Å². The number of methoxy groups -OCH3 is 1. The summed E-state index contributed by atoms with van der Waals surface area (Å²) >= 11 is 0. The van der Waals surface area contributed by atoms with Crippen LogP contribution in [-0.4, -0.2) is 48.5 Å². The Morgan fingerprint density at radius 1 is 1.15 bits per heavy atom. The molecule has 0 radical (unpaired) electrons. The van der Waals surface area contributed by atoms with Gasteiger partial charge in [0.15, 0.2) is 6.04 Å². The Bertz CT molecular complexity index is 380. The van der Waals surface area contributed by atoms with Crippen LogP contribution in [0.3, 0.4) is 0 Å². The molecular weight excluding hydrogens is 262 g/mol. The summed E-state index contributed by atoms with van der Waals surface area (Å²) in [5.74, 6) is -0.498. The summed E-state index contributed by atoms with van der Waals surface area (Å²) in [4.78, 5) is 25.5. The fourth-order valence-corrected chi connectivity index (χ4v) is 2.03. The molecule has 1 saturated heterocycles. The minimum absolute atomic E-state index is 0.119. The van der Waals surface area contributed by atoms with Crippen molar-refractivity contribution in [1.82, 2.24) is 4.90 Å². The topological polar surface area (TPSA) is 65.1 Å². The van der Waals surface area contributed by atoms with E-state index in [2.05, 4.69) is 0 Å². The van der Waals surface area contributed by atoms with Crippen molar-refractivity contribution in [1.29, 1.82) is 0 Å². The molecule has 6 heteroatoms. The molecule has 2 atom stereocenters. The van der Waals surface area contributed by atoms with Crippen LogP contribution in [0.2, 0.25) is 0 Å². The van der Waals surface area contributed by atoms with Gasteiger partial charge in [0, 0.05) is 5.41 Å². The molecule has 0 spiro atoms. The van der Waals surface area contributed by atoms with Crippen molar-refractivity contribution in [3.05, 3.63) is 0 Å². The molecule has 0 aromatic carbocycles. The lowest BCUT2D eigenvalue weighted by atomic mass is 9.93. The van der Waals surface area contributed by atoms with Gasteiger partial charge >= 0.3 is 12.1 Å². The Labute approximate surface area is 120 Å². The van der Waals surface area contributed by atoms with Gasteiger partial charge in [0.1, 0.15) is 11.8 Å². The van der Waals surface area contributed by atoms with Gasteiger partial charge in [-0.2, -0.15) is 0 Å². The first-order valence-electron chi connectivity index (χ1n) is 6.68. The zero-order valence-electron chi connectivity index (χ0n) is 13.4. The smallest absolute Gasteiger partial charge is 0.413 e. The van der Waals surface area contributed by atoms with Crippen LogP contribution in [0.25, 0.3) is 0 Å². The summed E-state index contributed by atoms with van der Waals surface area (Å²) in [5, 5.41) is 0. The number of amides is 1. The van der Waals surface area contributed by atoms with Crippen molar-refractivity contribution < 1.29 is 23.8 Å². The third-order valence-electron chi connectivity index (χ3n) is 2.82. The monoisotopic (exact) mass is 287 g/mol. The van der Waals surface area contributed by atoms with Gasteiger partial charge in [0.25, 0.3) is 0 Å². The molecule has 0 aromatic rings. The molecule has 0 aromatic heterocycles. The number of ether oxygens (including phenoxy) is 3. The Kier molecular flexibility index (Phi) is 4.69. The van der Waals surface area contributed by atoms with Crippen molar-refractivity contribution in [2.45, 2.75) is 59.4 Å². The van der Waals surface area contributed by atoms with Gasteiger partial charge in [-0.3, -0.25) is 4.90 Å². The standard InChI is InChI=1S/C14H25NO5/c1-13(2,3)11-15(12(17)20-14(4,5)6)9(8-19-11)10(16)18-7/h9,11H,8H2,1-7H3. The van der Waals surface area contributed by atoms with E-state index >= 15 is 0 Å². The van der Waals surface area contributed by atoms with Crippen molar-refractivity contribution in [3.63, 3.8) is 0 Å². The lowest BCUT2D eigenvalue weighted by molar-refractivity contribution is -0.146. The van der Waals surface area contributed by atoms with E-state index in [1.54, 1.807) is 20.8 Å². The van der Waals surface area contributed by atoms with E-state index < -0.39 is 29.9 Å². The predicted octanol–water partition coefficient (Wildman–Crippen LogP) is 2.17. The second-order valence-electron chi connectivity index (χ2n) is 6.98. The molecule has 1 aliphatic rings. The molecule has 1 amide bonds. The summed E-state index contributed by atoms with van der Waals surface area (Å²) < 4.78 is 15.7. The van der Waals surface area contributed by atoms with E-state index in [-0.39, 0.29) is 12.0 Å². The van der Waals surface area contributed by atoms with Crippen LogP contribution in [0.5, 0.6) is 0 Å². The van der Waals surface area contributed by atoms with E-state index in [4.69, 9.17) is 14.2 Å². The second kappa shape index (κ2) is 5.60. The van der Waals surface area contributed by atoms with Crippen LogP contribution in [-0.2, 0) is 19.0 Å². The van der Waals surface area contributed by atoms with Crippen LogP contribution in [0, 0.1) is 5.41 Å². The van der Waals surface area contributed by atoms with E-state index in [1.807, 2.05) is 20.8 Å². The normalized spacial score (nSPS) is 23.6. The van der Waals surface area contributed by atoms with E-state index in [9.17, 15) is 9.59 Å². The molecule has 1 fully saturated rings. The number of hydrogen-bond acceptors (Lipinski definition) is 5. The number of rotatable bonds is 1. The minimum atomic E-state index is -0.765. The number of carbonyl (C=O) groups excluding carboxylic acids is 2. The Morgan fingerprint density at radius 2 is 1.70 bits per heavy atom. The number of nitrogens with zero attached hydrogens (tertiary/aromatic N) is 1. The SMILES string of the molecule is COC(=O)C1COC(C(C)(C)C)N1C(=O)OC(C)(C)C. The highest BCUT2D eigenvalue weighted by Crippen LogP contribution is 2.33. The lowest BCUT2D eigenvalue weighted by Gasteiger charge is -2.35. The zero-order chi connectivity index (χ0) is 15.7. The van der Waals surface area contributed by atoms with Gasteiger partial charge in [-0.1, -0.05) is 20.8 Å². The maximum atomic E-state index is 12.4. The van der Waals surface area contributed by atoms with Gasteiger partial charge in [-0.15, -0.1) is 0 Å². The molecule has 0 aliphatic carbocycles. The summed E-state index contributed by atoms with van der Waals surface area (Å²) in [6.45, 7) is 11.3. The molecule has 1 heterocycles. The zero-order valence-corrected chi connectivity index (χ0v) is 13.4.